The average molecular weight is 400 g/mol. The lowest BCUT2D eigenvalue weighted by atomic mass is 10.1. The Labute approximate surface area is 163 Å². The molecule has 2 aromatic carbocycles. The molecule has 0 heterocycles. The summed E-state index contributed by atoms with van der Waals surface area (Å²) in [7, 11) is -2.22. The predicted octanol–water partition coefficient (Wildman–Crippen LogP) is 1.80. The van der Waals surface area contributed by atoms with Gasteiger partial charge in [0.25, 0.3) is 11.8 Å². The van der Waals surface area contributed by atoms with E-state index in [0.717, 1.165) is 5.56 Å². The fraction of sp³-hybridized carbons (Fsp3) is 0.211. The standard InChI is InChI=1S/C19H20N4O4S/c1-13-4-5-15(18(24)21-2)12-17(13)23-19(25)14-6-8-16(9-7-14)28(26,27)22-11-3-10-20/h4-9,12,22H,3,11H2,1-2H3,(H,21,24)(H,23,25). The summed E-state index contributed by atoms with van der Waals surface area (Å²) >= 11 is 0. The maximum absolute atomic E-state index is 12.5. The van der Waals surface area contributed by atoms with Gasteiger partial charge in [0.15, 0.2) is 0 Å². The van der Waals surface area contributed by atoms with E-state index in [1.165, 1.54) is 31.3 Å². The minimum atomic E-state index is -3.74. The monoisotopic (exact) mass is 400 g/mol. The van der Waals surface area contributed by atoms with Gasteiger partial charge in [0, 0.05) is 36.8 Å². The zero-order valence-corrected chi connectivity index (χ0v) is 16.3. The normalized spacial score (nSPS) is 10.8. The van der Waals surface area contributed by atoms with Crippen molar-refractivity contribution in [3.8, 4) is 6.07 Å². The lowest BCUT2D eigenvalue weighted by Gasteiger charge is -2.11. The number of sulfonamides is 1. The molecule has 2 aromatic rings. The molecule has 0 fully saturated rings. The number of nitrogens with zero attached hydrogens (tertiary/aromatic N) is 1. The molecule has 0 aliphatic rings. The first-order valence-electron chi connectivity index (χ1n) is 8.39. The van der Waals surface area contributed by atoms with Gasteiger partial charge in [-0.05, 0) is 48.9 Å². The number of anilines is 1. The van der Waals surface area contributed by atoms with Crippen LogP contribution in [-0.2, 0) is 10.0 Å². The number of carbonyl (C=O) groups excluding carboxylic acids is 2. The number of hydrogen-bond donors (Lipinski definition) is 3. The van der Waals surface area contributed by atoms with Gasteiger partial charge in [0.1, 0.15) is 0 Å². The Balaban J connectivity index is 2.16. The highest BCUT2D eigenvalue weighted by Crippen LogP contribution is 2.19. The number of hydrogen-bond acceptors (Lipinski definition) is 5. The Morgan fingerprint density at radius 3 is 2.29 bits per heavy atom. The summed E-state index contributed by atoms with van der Waals surface area (Å²) in [6.45, 7) is 1.81. The van der Waals surface area contributed by atoms with Gasteiger partial charge in [-0.3, -0.25) is 9.59 Å². The van der Waals surface area contributed by atoms with Crippen LogP contribution in [0.3, 0.4) is 0 Å². The van der Waals surface area contributed by atoms with Crippen LogP contribution in [0.1, 0.15) is 32.7 Å². The lowest BCUT2D eigenvalue weighted by Crippen LogP contribution is -2.24. The van der Waals surface area contributed by atoms with Crippen molar-refractivity contribution in [3.63, 3.8) is 0 Å². The van der Waals surface area contributed by atoms with Gasteiger partial charge < -0.3 is 10.6 Å². The van der Waals surface area contributed by atoms with E-state index in [1.54, 1.807) is 25.1 Å². The summed E-state index contributed by atoms with van der Waals surface area (Å²) < 4.78 is 26.5. The molecule has 0 saturated heterocycles. The smallest absolute Gasteiger partial charge is 0.255 e. The molecule has 0 saturated carbocycles. The molecule has 0 radical (unpaired) electrons. The fourth-order valence-electron chi connectivity index (χ4n) is 2.35. The molecule has 2 rings (SSSR count). The Kier molecular flexibility index (Phi) is 6.87. The summed E-state index contributed by atoms with van der Waals surface area (Å²) in [6.07, 6.45) is 0.0637. The third-order valence-electron chi connectivity index (χ3n) is 3.93. The number of carbonyl (C=O) groups is 2. The molecule has 9 heteroatoms. The third-order valence-corrected chi connectivity index (χ3v) is 5.41. The molecular formula is C19H20N4O4S. The van der Waals surface area contributed by atoms with Gasteiger partial charge in [-0.25, -0.2) is 13.1 Å². The highest BCUT2D eigenvalue weighted by Gasteiger charge is 2.15. The second-order valence-corrected chi connectivity index (χ2v) is 7.66. The van der Waals surface area contributed by atoms with Crippen molar-refractivity contribution in [1.82, 2.24) is 10.0 Å². The number of rotatable bonds is 7. The highest BCUT2D eigenvalue weighted by atomic mass is 32.2. The van der Waals surface area contributed by atoms with E-state index in [1.807, 2.05) is 6.07 Å². The van der Waals surface area contributed by atoms with Gasteiger partial charge in [0.05, 0.1) is 11.0 Å². The van der Waals surface area contributed by atoms with Crippen LogP contribution < -0.4 is 15.4 Å². The summed E-state index contributed by atoms with van der Waals surface area (Å²) in [5, 5.41) is 13.7. The van der Waals surface area contributed by atoms with E-state index in [4.69, 9.17) is 5.26 Å². The Morgan fingerprint density at radius 2 is 1.68 bits per heavy atom. The first-order valence-corrected chi connectivity index (χ1v) is 9.87. The summed E-state index contributed by atoms with van der Waals surface area (Å²) in [4.78, 5) is 24.2. The third kappa shape index (κ3) is 5.16. The summed E-state index contributed by atoms with van der Waals surface area (Å²) in [5.74, 6) is -0.701. The van der Waals surface area contributed by atoms with Gasteiger partial charge in [-0.1, -0.05) is 6.07 Å². The van der Waals surface area contributed by atoms with Crippen molar-refractivity contribution in [2.24, 2.45) is 0 Å². The van der Waals surface area contributed by atoms with Crippen molar-refractivity contribution in [2.75, 3.05) is 18.9 Å². The van der Waals surface area contributed by atoms with Crippen LogP contribution in [0.15, 0.2) is 47.4 Å². The first-order chi connectivity index (χ1) is 13.3. The minimum absolute atomic E-state index is 0.000199. The molecule has 0 atom stereocenters. The van der Waals surface area contributed by atoms with Crippen LogP contribution >= 0.6 is 0 Å². The molecule has 0 aliphatic heterocycles. The predicted molar refractivity (Wildman–Crippen MR) is 104 cm³/mol. The number of nitriles is 1. The molecule has 8 nitrogen and oxygen atoms in total. The lowest BCUT2D eigenvalue weighted by molar-refractivity contribution is 0.0961. The number of amides is 2. The molecule has 0 spiro atoms. The van der Waals surface area contributed by atoms with Crippen molar-refractivity contribution < 1.29 is 18.0 Å². The number of nitrogens with one attached hydrogen (secondary N) is 3. The van der Waals surface area contributed by atoms with Gasteiger partial charge >= 0.3 is 0 Å². The summed E-state index contributed by atoms with van der Waals surface area (Å²) in [5.41, 5.74) is 1.94. The Bertz CT molecular complexity index is 1020. The van der Waals surface area contributed by atoms with Crippen LogP contribution in [-0.4, -0.2) is 33.8 Å². The van der Waals surface area contributed by atoms with E-state index >= 15 is 0 Å². The van der Waals surface area contributed by atoms with Crippen LogP contribution in [0.5, 0.6) is 0 Å². The van der Waals surface area contributed by atoms with Crippen molar-refractivity contribution in [3.05, 3.63) is 59.2 Å². The van der Waals surface area contributed by atoms with Crippen molar-refractivity contribution in [1.29, 1.82) is 5.26 Å². The molecule has 0 aromatic heterocycles. The molecule has 146 valence electrons. The van der Waals surface area contributed by atoms with Crippen LogP contribution in [0, 0.1) is 18.3 Å². The molecule has 0 aliphatic carbocycles. The molecule has 0 bridgehead atoms. The largest absolute Gasteiger partial charge is 0.355 e. The molecular weight excluding hydrogens is 380 g/mol. The molecule has 2 amide bonds. The van der Waals surface area contributed by atoms with E-state index in [2.05, 4.69) is 15.4 Å². The van der Waals surface area contributed by atoms with Gasteiger partial charge in [0.2, 0.25) is 10.0 Å². The van der Waals surface area contributed by atoms with Crippen LogP contribution in [0.4, 0.5) is 5.69 Å². The van der Waals surface area contributed by atoms with E-state index in [-0.39, 0.29) is 29.3 Å². The van der Waals surface area contributed by atoms with Crippen molar-refractivity contribution >= 4 is 27.5 Å². The van der Waals surface area contributed by atoms with Crippen LogP contribution in [0.25, 0.3) is 0 Å². The SMILES string of the molecule is CNC(=O)c1ccc(C)c(NC(=O)c2ccc(S(=O)(=O)NCCC#N)cc2)c1. The van der Waals surface area contributed by atoms with Gasteiger partial charge in [-0.15, -0.1) is 0 Å². The molecule has 0 unspecified atom stereocenters. The number of benzene rings is 2. The van der Waals surface area contributed by atoms with E-state index in [9.17, 15) is 18.0 Å². The second kappa shape index (κ2) is 9.12. The highest BCUT2D eigenvalue weighted by molar-refractivity contribution is 7.89. The van der Waals surface area contributed by atoms with E-state index in [0.29, 0.717) is 11.3 Å². The maximum atomic E-state index is 12.5. The molecule has 28 heavy (non-hydrogen) atoms. The van der Waals surface area contributed by atoms with Crippen molar-refractivity contribution in [2.45, 2.75) is 18.2 Å². The topological polar surface area (TPSA) is 128 Å². The maximum Gasteiger partial charge on any atom is 0.255 e. The van der Waals surface area contributed by atoms with Crippen LogP contribution in [0.2, 0.25) is 0 Å². The average Bonchev–Trinajstić information content (AvgIpc) is 2.69. The quantitative estimate of drug-likeness (QED) is 0.611. The van der Waals surface area contributed by atoms with Gasteiger partial charge in [-0.2, -0.15) is 5.26 Å². The number of aryl methyl sites for hydroxylation is 1. The minimum Gasteiger partial charge on any atom is -0.355 e. The summed E-state index contributed by atoms with van der Waals surface area (Å²) in [6, 6.07) is 12.2. The fourth-order valence-corrected chi connectivity index (χ4v) is 3.38. The first kappa shape index (κ1) is 21.1. The Hall–Kier alpha value is -3.22. The molecule has 3 N–H and O–H groups in total. The zero-order valence-electron chi connectivity index (χ0n) is 15.4. The van der Waals surface area contributed by atoms with E-state index < -0.39 is 15.9 Å². The Morgan fingerprint density at radius 1 is 1.04 bits per heavy atom. The zero-order chi connectivity index (χ0) is 20.7. The second-order valence-electron chi connectivity index (χ2n) is 5.89.